The summed E-state index contributed by atoms with van der Waals surface area (Å²) in [6, 6.07) is -0.0855. The number of rotatable bonds is 6. The number of methoxy groups -OCH3 is 1. The molecule has 3 unspecified atom stereocenters. The molecule has 0 heterocycles. The quantitative estimate of drug-likeness (QED) is 0.659. The van der Waals surface area contributed by atoms with Gasteiger partial charge in [-0.15, -0.1) is 0 Å². The zero-order chi connectivity index (χ0) is 11.1. The van der Waals surface area contributed by atoms with E-state index in [1.807, 2.05) is 20.8 Å². The Kier molecular flexibility index (Phi) is 6.49. The Hall–Kier alpha value is -0.610. The summed E-state index contributed by atoms with van der Waals surface area (Å²) in [4.78, 5) is 11.5. The number of carbonyl (C=O) groups is 1. The van der Waals surface area contributed by atoms with Crippen LogP contribution in [0.2, 0.25) is 0 Å². The Bertz CT molecular complexity index is 174. The maximum Gasteiger partial charge on any atom is 0.225 e. The molecule has 0 aromatic rings. The van der Waals surface area contributed by atoms with E-state index in [0.29, 0.717) is 6.54 Å². The van der Waals surface area contributed by atoms with Crippen LogP contribution >= 0.6 is 0 Å². The van der Waals surface area contributed by atoms with Gasteiger partial charge in [0.15, 0.2) is 0 Å². The second kappa shape index (κ2) is 6.79. The Morgan fingerprint density at radius 1 is 1.50 bits per heavy atom. The average Bonchev–Trinajstić information content (AvgIpc) is 2.18. The van der Waals surface area contributed by atoms with E-state index in [2.05, 4.69) is 5.32 Å². The van der Waals surface area contributed by atoms with Crippen LogP contribution in [-0.4, -0.2) is 31.7 Å². The van der Waals surface area contributed by atoms with Crippen LogP contribution in [0.3, 0.4) is 0 Å². The molecule has 0 aliphatic heterocycles. The number of amides is 1. The molecule has 4 nitrogen and oxygen atoms in total. The predicted molar refractivity (Wildman–Crippen MR) is 56.9 cm³/mol. The van der Waals surface area contributed by atoms with Gasteiger partial charge in [0, 0.05) is 19.7 Å². The van der Waals surface area contributed by atoms with Gasteiger partial charge in [-0.2, -0.15) is 0 Å². The summed E-state index contributed by atoms with van der Waals surface area (Å²) in [5.41, 5.74) is 5.86. The van der Waals surface area contributed by atoms with Gasteiger partial charge in [-0.05, 0) is 13.3 Å². The van der Waals surface area contributed by atoms with Crippen molar-refractivity contribution in [3.05, 3.63) is 0 Å². The molecule has 4 heteroatoms. The fourth-order valence-electron chi connectivity index (χ4n) is 1.47. The highest BCUT2D eigenvalue weighted by Crippen LogP contribution is 2.12. The summed E-state index contributed by atoms with van der Waals surface area (Å²) < 4.78 is 5.25. The van der Waals surface area contributed by atoms with Gasteiger partial charge < -0.3 is 15.8 Å². The van der Waals surface area contributed by atoms with E-state index in [-0.39, 0.29) is 24.0 Å². The van der Waals surface area contributed by atoms with Crippen molar-refractivity contribution < 1.29 is 9.53 Å². The molecular formula is C10H22N2O2. The van der Waals surface area contributed by atoms with Crippen molar-refractivity contribution in [1.29, 1.82) is 0 Å². The van der Waals surface area contributed by atoms with Crippen LogP contribution in [0.5, 0.6) is 0 Å². The monoisotopic (exact) mass is 202 g/mol. The Morgan fingerprint density at radius 3 is 2.43 bits per heavy atom. The predicted octanol–water partition coefficient (Wildman–Crippen LogP) is 0.511. The van der Waals surface area contributed by atoms with Crippen LogP contribution < -0.4 is 11.1 Å². The highest BCUT2D eigenvalue weighted by atomic mass is 16.5. The summed E-state index contributed by atoms with van der Waals surface area (Å²) in [5, 5.41) is 2.76. The molecule has 84 valence electrons. The zero-order valence-corrected chi connectivity index (χ0v) is 9.54. The minimum absolute atomic E-state index is 0.00301. The molecule has 0 aromatic carbocycles. The molecule has 1 amide bonds. The third-order valence-corrected chi connectivity index (χ3v) is 2.42. The molecule has 0 aromatic heterocycles. The molecule has 14 heavy (non-hydrogen) atoms. The van der Waals surface area contributed by atoms with Gasteiger partial charge in [-0.3, -0.25) is 4.79 Å². The molecule has 0 saturated carbocycles. The summed E-state index contributed by atoms with van der Waals surface area (Å²) in [7, 11) is 1.59. The van der Waals surface area contributed by atoms with Gasteiger partial charge in [0.25, 0.3) is 0 Å². The Balaban J connectivity index is 4.29. The highest BCUT2D eigenvalue weighted by molar-refractivity contribution is 5.78. The first-order valence-electron chi connectivity index (χ1n) is 5.14. The summed E-state index contributed by atoms with van der Waals surface area (Å²) in [6.45, 7) is 6.36. The van der Waals surface area contributed by atoms with E-state index < -0.39 is 0 Å². The van der Waals surface area contributed by atoms with E-state index in [1.54, 1.807) is 7.11 Å². The fourth-order valence-corrected chi connectivity index (χ4v) is 1.47. The fraction of sp³-hybridized carbons (Fsp3) is 0.900. The number of nitrogens with two attached hydrogens (primary N) is 1. The van der Waals surface area contributed by atoms with Crippen LogP contribution in [-0.2, 0) is 9.53 Å². The number of hydrogen-bond donors (Lipinski definition) is 2. The third kappa shape index (κ3) is 3.64. The number of carbonyl (C=O) groups excluding carboxylic acids is 1. The molecule has 3 N–H and O–H groups in total. The smallest absolute Gasteiger partial charge is 0.225 e. The van der Waals surface area contributed by atoms with Crippen molar-refractivity contribution in [3.63, 3.8) is 0 Å². The lowest BCUT2D eigenvalue weighted by Crippen LogP contribution is -2.46. The van der Waals surface area contributed by atoms with Gasteiger partial charge in [0.1, 0.15) is 0 Å². The molecule has 0 aliphatic rings. The maximum absolute atomic E-state index is 11.5. The van der Waals surface area contributed by atoms with Gasteiger partial charge in [0.2, 0.25) is 5.91 Å². The molecule has 3 atom stereocenters. The molecule has 0 rings (SSSR count). The van der Waals surface area contributed by atoms with Crippen molar-refractivity contribution in [2.24, 2.45) is 11.7 Å². The van der Waals surface area contributed by atoms with E-state index >= 15 is 0 Å². The summed E-state index contributed by atoms with van der Waals surface area (Å²) in [6.07, 6.45) is 0.606. The van der Waals surface area contributed by atoms with Gasteiger partial charge >= 0.3 is 0 Å². The van der Waals surface area contributed by atoms with Crippen molar-refractivity contribution >= 4 is 5.91 Å². The normalized spacial score (nSPS) is 17.2. The molecule has 0 fully saturated rings. The van der Waals surface area contributed by atoms with Crippen LogP contribution in [0.25, 0.3) is 0 Å². The second-order valence-corrected chi connectivity index (χ2v) is 3.46. The third-order valence-electron chi connectivity index (χ3n) is 2.42. The number of nitrogens with one attached hydrogen (secondary N) is 1. The summed E-state index contributed by atoms with van der Waals surface area (Å²) >= 11 is 0. The maximum atomic E-state index is 11.5. The minimum Gasteiger partial charge on any atom is -0.379 e. The highest BCUT2D eigenvalue weighted by Gasteiger charge is 2.27. The average molecular weight is 202 g/mol. The van der Waals surface area contributed by atoms with Crippen LogP contribution in [0, 0.1) is 5.92 Å². The topological polar surface area (TPSA) is 64.3 Å². The van der Waals surface area contributed by atoms with Crippen LogP contribution in [0.15, 0.2) is 0 Å². The first-order valence-corrected chi connectivity index (χ1v) is 5.14. The van der Waals surface area contributed by atoms with E-state index in [0.717, 1.165) is 6.42 Å². The van der Waals surface area contributed by atoms with Crippen molar-refractivity contribution in [2.45, 2.75) is 39.3 Å². The zero-order valence-electron chi connectivity index (χ0n) is 9.54. The summed E-state index contributed by atoms with van der Waals surface area (Å²) in [5.74, 6) is -0.196. The van der Waals surface area contributed by atoms with Crippen LogP contribution in [0.4, 0.5) is 0 Å². The van der Waals surface area contributed by atoms with Crippen molar-refractivity contribution in [3.8, 4) is 0 Å². The lowest BCUT2D eigenvalue weighted by Gasteiger charge is -2.26. The molecule has 0 radical (unpaired) electrons. The lowest BCUT2D eigenvalue weighted by molar-refractivity contribution is -0.129. The molecule has 0 aliphatic carbocycles. The van der Waals surface area contributed by atoms with Crippen molar-refractivity contribution in [2.75, 3.05) is 13.7 Å². The van der Waals surface area contributed by atoms with E-state index in [9.17, 15) is 4.79 Å². The molecular weight excluding hydrogens is 180 g/mol. The minimum atomic E-state index is -0.202. The Morgan fingerprint density at radius 2 is 2.07 bits per heavy atom. The lowest BCUT2D eigenvalue weighted by atomic mass is 9.96. The molecule has 0 saturated heterocycles. The SMILES string of the molecule is CCNC(=O)C(C)C(OC)C(N)CC. The van der Waals surface area contributed by atoms with E-state index in [4.69, 9.17) is 10.5 Å². The van der Waals surface area contributed by atoms with Gasteiger partial charge in [0.05, 0.1) is 12.0 Å². The standard InChI is InChI=1S/C10H22N2O2/c1-5-8(11)9(14-4)7(3)10(13)12-6-2/h7-9H,5-6,11H2,1-4H3,(H,12,13). The largest absolute Gasteiger partial charge is 0.379 e. The molecule has 0 bridgehead atoms. The van der Waals surface area contributed by atoms with Crippen molar-refractivity contribution in [1.82, 2.24) is 5.32 Å². The Labute approximate surface area is 86.2 Å². The molecule has 0 spiro atoms. The van der Waals surface area contributed by atoms with Gasteiger partial charge in [-0.1, -0.05) is 13.8 Å². The number of ether oxygens (including phenoxy) is 1. The first kappa shape index (κ1) is 13.4. The second-order valence-electron chi connectivity index (χ2n) is 3.46. The first-order chi connectivity index (χ1) is 6.58. The van der Waals surface area contributed by atoms with Gasteiger partial charge in [-0.25, -0.2) is 0 Å². The van der Waals surface area contributed by atoms with Crippen LogP contribution in [0.1, 0.15) is 27.2 Å². The van der Waals surface area contributed by atoms with E-state index in [1.165, 1.54) is 0 Å². The number of hydrogen-bond acceptors (Lipinski definition) is 3.